The second kappa shape index (κ2) is 8.71. The molecule has 0 aliphatic rings. The van der Waals surface area contributed by atoms with Crippen LogP contribution in [0.4, 0.5) is 0 Å². The van der Waals surface area contributed by atoms with Crippen molar-refractivity contribution in [3.8, 4) is 5.75 Å². The number of carbonyl (C=O) groups is 2. The highest BCUT2D eigenvalue weighted by atomic mass is 16.5. The van der Waals surface area contributed by atoms with Gasteiger partial charge in [-0.15, -0.1) is 0 Å². The Morgan fingerprint density at radius 1 is 1.25 bits per heavy atom. The lowest BCUT2D eigenvalue weighted by Gasteiger charge is -2.16. The van der Waals surface area contributed by atoms with Gasteiger partial charge in [-0.3, -0.25) is 4.79 Å². The number of carbonyl (C=O) groups excluding carboxylic acids is 2. The van der Waals surface area contributed by atoms with Crippen molar-refractivity contribution in [2.45, 2.75) is 25.3 Å². The Balaban J connectivity index is 1.94. The van der Waals surface area contributed by atoms with Crippen LogP contribution in [0.15, 0.2) is 36.8 Å². The van der Waals surface area contributed by atoms with E-state index in [4.69, 9.17) is 9.47 Å². The van der Waals surface area contributed by atoms with Crippen molar-refractivity contribution in [2.75, 3.05) is 14.2 Å². The molecule has 0 radical (unpaired) electrons. The van der Waals surface area contributed by atoms with Gasteiger partial charge in [0, 0.05) is 19.0 Å². The molecule has 2 rings (SSSR count). The molecule has 1 aromatic heterocycles. The number of hydrogen-bond acceptors (Lipinski definition) is 5. The molecular formula is C17H21N3O4. The largest absolute Gasteiger partial charge is 0.497 e. The fraction of sp³-hybridized carbons (Fsp3) is 0.353. The van der Waals surface area contributed by atoms with Gasteiger partial charge in [-0.05, 0) is 24.1 Å². The molecule has 0 fully saturated rings. The topological polar surface area (TPSA) is 93.3 Å². The monoisotopic (exact) mass is 331 g/mol. The molecule has 0 saturated carbocycles. The number of aromatic nitrogens is 2. The molecule has 7 nitrogen and oxygen atoms in total. The van der Waals surface area contributed by atoms with Gasteiger partial charge in [-0.25, -0.2) is 9.78 Å². The van der Waals surface area contributed by atoms with Gasteiger partial charge in [0.15, 0.2) is 0 Å². The number of H-pyrrole nitrogens is 1. The molecule has 128 valence electrons. The van der Waals surface area contributed by atoms with Gasteiger partial charge >= 0.3 is 5.97 Å². The number of esters is 1. The maximum atomic E-state index is 12.1. The van der Waals surface area contributed by atoms with Crippen molar-refractivity contribution in [3.63, 3.8) is 0 Å². The quantitative estimate of drug-likeness (QED) is 0.710. The molecule has 1 atom stereocenters. The molecular weight excluding hydrogens is 310 g/mol. The number of amides is 1. The normalized spacial score (nSPS) is 11.6. The summed E-state index contributed by atoms with van der Waals surface area (Å²) in [6, 6.07) is 6.59. The van der Waals surface area contributed by atoms with Gasteiger partial charge in [0.2, 0.25) is 5.91 Å². The molecule has 24 heavy (non-hydrogen) atoms. The van der Waals surface area contributed by atoms with Gasteiger partial charge in [-0.1, -0.05) is 12.1 Å². The number of methoxy groups -OCH3 is 2. The number of imidazole rings is 1. The molecule has 7 heteroatoms. The van der Waals surface area contributed by atoms with Crippen LogP contribution < -0.4 is 10.1 Å². The van der Waals surface area contributed by atoms with Crippen molar-refractivity contribution in [1.29, 1.82) is 0 Å². The maximum absolute atomic E-state index is 12.1. The molecule has 0 aliphatic heterocycles. The molecule has 0 spiro atoms. The van der Waals surface area contributed by atoms with Crippen LogP contribution in [-0.2, 0) is 27.2 Å². The summed E-state index contributed by atoms with van der Waals surface area (Å²) >= 11 is 0. The fourth-order valence-corrected chi connectivity index (χ4v) is 2.27. The van der Waals surface area contributed by atoms with E-state index in [-0.39, 0.29) is 12.3 Å². The highest BCUT2D eigenvalue weighted by Gasteiger charge is 2.22. The van der Waals surface area contributed by atoms with E-state index in [2.05, 4.69) is 15.3 Å². The smallest absolute Gasteiger partial charge is 0.328 e. The lowest BCUT2D eigenvalue weighted by atomic mass is 10.1. The van der Waals surface area contributed by atoms with Crippen LogP contribution in [0.3, 0.4) is 0 Å². The van der Waals surface area contributed by atoms with Crippen molar-refractivity contribution in [3.05, 3.63) is 48.0 Å². The third kappa shape index (κ3) is 5.12. The number of ether oxygens (including phenoxy) is 2. The maximum Gasteiger partial charge on any atom is 0.328 e. The van der Waals surface area contributed by atoms with Gasteiger partial charge in [0.25, 0.3) is 0 Å². The number of nitrogens with zero attached hydrogens (tertiary/aromatic N) is 1. The van der Waals surface area contributed by atoms with E-state index < -0.39 is 12.0 Å². The second-order valence-electron chi connectivity index (χ2n) is 5.26. The summed E-state index contributed by atoms with van der Waals surface area (Å²) in [5.41, 5.74) is 1.70. The van der Waals surface area contributed by atoms with E-state index in [0.29, 0.717) is 12.8 Å². The first kappa shape index (κ1) is 17.5. The molecule has 2 aromatic rings. The number of nitrogens with one attached hydrogen (secondary N) is 2. The number of benzene rings is 1. The average molecular weight is 331 g/mol. The summed E-state index contributed by atoms with van der Waals surface area (Å²) < 4.78 is 9.89. The summed E-state index contributed by atoms with van der Waals surface area (Å²) in [6.45, 7) is 0. The van der Waals surface area contributed by atoms with Gasteiger partial charge < -0.3 is 19.8 Å². The number of rotatable bonds is 8. The zero-order chi connectivity index (χ0) is 17.4. The summed E-state index contributed by atoms with van der Waals surface area (Å²) in [6.07, 6.45) is 4.41. The standard InChI is InChI=1S/C17H21N3O4/c1-23-14-6-3-12(4-7-14)9-15(17(22)24-2)20-16(21)8-5-13-10-18-11-19-13/h3-4,6-7,10-11,15H,5,8-9H2,1-2H3,(H,18,19)(H,20,21)/t15-/m1/s1. The van der Waals surface area contributed by atoms with Crippen molar-refractivity contribution in [2.24, 2.45) is 0 Å². The summed E-state index contributed by atoms with van der Waals surface area (Å²) in [4.78, 5) is 30.9. The van der Waals surface area contributed by atoms with Crippen LogP contribution in [-0.4, -0.2) is 42.1 Å². The Kier molecular flexibility index (Phi) is 6.36. The third-order valence-corrected chi connectivity index (χ3v) is 3.58. The average Bonchev–Trinajstić information content (AvgIpc) is 3.13. The molecule has 0 saturated heterocycles. The van der Waals surface area contributed by atoms with Crippen molar-refractivity contribution < 1.29 is 19.1 Å². The molecule has 2 N–H and O–H groups in total. The zero-order valence-corrected chi connectivity index (χ0v) is 13.7. The SMILES string of the molecule is COC(=O)[C@@H](Cc1ccc(OC)cc1)NC(=O)CCc1c[nH]cn1. The first-order chi connectivity index (χ1) is 11.6. The Labute approximate surface area is 140 Å². The Bertz CT molecular complexity index is 653. The molecule has 0 unspecified atom stereocenters. The highest BCUT2D eigenvalue weighted by Crippen LogP contribution is 2.13. The lowest BCUT2D eigenvalue weighted by Crippen LogP contribution is -2.43. The summed E-state index contributed by atoms with van der Waals surface area (Å²) in [5.74, 6) is 0.0391. The first-order valence-electron chi connectivity index (χ1n) is 7.60. The first-order valence-corrected chi connectivity index (χ1v) is 7.60. The third-order valence-electron chi connectivity index (χ3n) is 3.58. The van der Waals surface area contributed by atoms with Crippen LogP contribution in [0.2, 0.25) is 0 Å². The van der Waals surface area contributed by atoms with Crippen molar-refractivity contribution in [1.82, 2.24) is 15.3 Å². The van der Waals surface area contributed by atoms with E-state index in [1.807, 2.05) is 24.3 Å². The Hall–Kier alpha value is -2.83. The van der Waals surface area contributed by atoms with Crippen LogP contribution in [0.5, 0.6) is 5.75 Å². The van der Waals surface area contributed by atoms with Gasteiger partial charge in [0.1, 0.15) is 11.8 Å². The lowest BCUT2D eigenvalue weighted by molar-refractivity contribution is -0.145. The molecule has 1 heterocycles. The molecule has 1 aromatic carbocycles. The van der Waals surface area contributed by atoms with E-state index in [0.717, 1.165) is 17.0 Å². The second-order valence-corrected chi connectivity index (χ2v) is 5.26. The van der Waals surface area contributed by atoms with Crippen LogP contribution in [0, 0.1) is 0 Å². The minimum absolute atomic E-state index is 0.220. The molecule has 0 bridgehead atoms. The number of aromatic amines is 1. The number of hydrogen-bond donors (Lipinski definition) is 2. The fourth-order valence-electron chi connectivity index (χ4n) is 2.27. The minimum Gasteiger partial charge on any atom is -0.497 e. The summed E-state index contributed by atoms with van der Waals surface area (Å²) in [5, 5.41) is 2.72. The summed E-state index contributed by atoms with van der Waals surface area (Å²) in [7, 11) is 2.89. The van der Waals surface area contributed by atoms with E-state index >= 15 is 0 Å². The van der Waals surface area contributed by atoms with Crippen LogP contribution in [0.1, 0.15) is 17.7 Å². The van der Waals surface area contributed by atoms with Gasteiger partial charge in [-0.2, -0.15) is 0 Å². The predicted octanol–water partition coefficient (Wildman–Crippen LogP) is 1.25. The van der Waals surface area contributed by atoms with E-state index in [1.165, 1.54) is 7.11 Å². The zero-order valence-electron chi connectivity index (χ0n) is 13.7. The van der Waals surface area contributed by atoms with Crippen LogP contribution in [0.25, 0.3) is 0 Å². The molecule has 0 aliphatic carbocycles. The Morgan fingerprint density at radius 3 is 2.58 bits per heavy atom. The number of aryl methyl sites for hydroxylation is 1. The predicted molar refractivity (Wildman–Crippen MR) is 87.6 cm³/mol. The Morgan fingerprint density at radius 2 is 2.00 bits per heavy atom. The van der Waals surface area contributed by atoms with Crippen molar-refractivity contribution >= 4 is 11.9 Å². The van der Waals surface area contributed by atoms with E-state index in [9.17, 15) is 9.59 Å². The molecule has 1 amide bonds. The highest BCUT2D eigenvalue weighted by molar-refractivity contribution is 5.84. The minimum atomic E-state index is -0.727. The van der Waals surface area contributed by atoms with Gasteiger partial charge in [0.05, 0.1) is 26.2 Å². The van der Waals surface area contributed by atoms with Crippen LogP contribution >= 0.6 is 0 Å². The van der Waals surface area contributed by atoms with E-state index in [1.54, 1.807) is 19.6 Å².